The van der Waals surface area contributed by atoms with Gasteiger partial charge in [0, 0.05) is 36.7 Å². The maximum absolute atomic E-state index is 12.4. The van der Waals surface area contributed by atoms with Crippen LogP contribution in [0.5, 0.6) is 0 Å². The van der Waals surface area contributed by atoms with Gasteiger partial charge < -0.3 is 19.9 Å². The maximum Gasteiger partial charge on any atom is 0.341 e. The smallest absolute Gasteiger partial charge is 0.341 e. The highest BCUT2D eigenvalue weighted by atomic mass is 35.5. The van der Waals surface area contributed by atoms with Gasteiger partial charge in [-0.2, -0.15) is 0 Å². The summed E-state index contributed by atoms with van der Waals surface area (Å²) in [5.74, 6) is -0.288. The number of piperazine rings is 1. The van der Waals surface area contributed by atoms with Gasteiger partial charge >= 0.3 is 5.97 Å². The van der Waals surface area contributed by atoms with E-state index in [4.69, 9.17) is 40.2 Å². The zero-order chi connectivity index (χ0) is 21.3. The van der Waals surface area contributed by atoms with Gasteiger partial charge in [0.1, 0.15) is 5.00 Å². The van der Waals surface area contributed by atoms with E-state index in [1.54, 1.807) is 11.3 Å². The molecule has 1 aromatic carbocycles. The van der Waals surface area contributed by atoms with E-state index in [0.29, 0.717) is 20.7 Å². The maximum atomic E-state index is 12.4. The lowest BCUT2D eigenvalue weighted by atomic mass is 9.95. The molecule has 1 fully saturated rings. The second kappa shape index (κ2) is 9.30. The van der Waals surface area contributed by atoms with Crippen LogP contribution in [-0.2, 0) is 17.6 Å². The highest BCUT2D eigenvalue weighted by Gasteiger charge is 2.28. The molecule has 1 aromatic heterocycles. The fraction of sp³-hybridized carbons (Fsp3) is 0.429. The summed E-state index contributed by atoms with van der Waals surface area (Å²) in [6.45, 7) is 3.21. The Kier molecular flexibility index (Phi) is 6.72. The number of anilines is 2. The monoisotopic (exact) mass is 483 g/mol. The summed E-state index contributed by atoms with van der Waals surface area (Å²) < 4.78 is 5.05. The first-order valence-corrected chi connectivity index (χ1v) is 11.9. The normalized spacial score (nSPS) is 16.2. The van der Waals surface area contributed by atoms with Gasteiger partial charge in [0.2, 0.25) is 0 Å². The number of esters is 1. The number of halogens is 2. The fourth-order valence-corrected chi connectivity index (χ4v) is 5.92. The number of hydrogen-bond donors (Lipinski definition) is 1. The Labute approximate surface area is 195 Å². The number of rotatable bonds is 3. The predicted molar refractivity (Wildman–Crippen MR) is 129 cm³/mol. The van der Waals surface area contributed by atoms with E-state index in [9.17, 15) is 4.79 Å². The zero-order valence-electron chi connectivity index (χ0n) is 16.7. The van der Waals surface area contributed by atoms with Gasteiger partial charge in [0.25, 0.3) is 0 Å². The third kappa shape index (κ3) is 4.40. The molecule has 0 saturated carbocycles. The number of nitrogens with one attached hydrogen (secondary N) is 1. The van der Waals surface area contributed by atoms with Crippen LogP contribution in [0, 0.1) is 0 Å². The Balaban J connectivity index is 1.43. The van der Waals surface area contributed by atoms with Crippen molar-refractivity contribution in [1.82, 2.24) is 4.90 Å². The SMILES string of the molecule is COC(=O)c1c(NC(=S)N2CCN(c3ccc(Cl)c(Cl)c3)CC2)sc2c1CCCC2. The van der Waals surface area contributed by atoms with Gasteiger partial charge in [-0.1, -0.05) is 23.2 Å². The molecule has 0 unspecified atom stereocenters. The minimum absolute atomic E-state index is 0.288. The molecule has 1 N–H and O–H groups in total. The molecule has 0 bridgehead atoms. The van der Waals surface area contributed by atoms with Gasteiger partial charge in [-0.15, -0.1) is 11.3 Å². The van der Waals surface area contributed by atoms with Crippen molar-refractivity contribution in [2.75, 3.05) is 43.5 Å². The van der Waals surface area contributed by atoms with Crippen molar-refractivity contribution in [3.8, 4) is 0 Å². The number of fused-ring (bicyclic) bond motifs is 1. The van der Waals surface area contributed by atoms with E-state index in [1.807, 2.05) is 18.2 Å². The summed E-state index contributed by atoms with van der Waals surface area (Å²) in [4.78, 5) is 18.1. The second-order valence-electron chi connectivity index (χ2n) is 7.41. The summed E-state index contributed by atoms with van der Waals surface area (Å²) >= 11 is 19.5. The van der Waals surface area contributed by atoms with E-state index in [0.717, 1.165) is 68.1 Å². The number of thiophene rings is 1. The van der Waals surface area contributed by atoms with Crippen LogP contribution in [0.2, 0.25) is 10.0 Å². The number of nitrogens with zero attached hydrogens (tertiary/aromatic N) is 2. The third-order valence-electron chi connectivity index (χ3n) is 5.62. The standard InChI is InChI=1S/C21H23Cl2N3O2S2/c1-28-20(27)18-14-4-2-3-5-17(14)30-19(18)24-21(29)26-10-8-25(9-11-26)13-6-7-15(22)16(23)12-13/h6-7,12H,2-5,8-11H2,1H3,(H,24,29). The van der Waals surface area contributed by atoms with E-state index in [1.165, 1.54) is 12.0 Å². The Morgan fingerprint density at radius 3 is 2.57 bits per heavy atom. The molecule has 0 amide bonds. The van der Waals surface area contributed by atoms with Gasteiger partial charge in [0.05, 0.1) is 22.7 Å². The number of thiocarbonyl (C=S) groups is 1. The van der Waals surface area contributed by atoms with Gasteiger partial charge in [-0.05, 0) is 61.7 Å². The molecule has 1 aliphatic heterocycles. The lowest BCUT2D eigenvalue weighted by Gasteiger charge is -2.37. The van der Waals surface area contributed by atoms with Gasteiger partial charge in [0.15, 0.2) is 5.11 Å². The highest BCUT2D eigenvalue weighted by Crippen LogP contribution is 2.38. The quantitative estimate of drug-likeness (QED) is 0.475. The minimum Gasteiger partial charge on any atom is -0.465 e. The Bertz CT molecular complexity index is 971. The Morgan fingerprint density at radius 2 is 1.87 bits per heavy atom. The molecule has 0 radical (unpaired) electrons. The molecule has 4 rings (SSSR count). The lowest BCUT2D eigenvalue weighted by molar-refractivity contribution is 0.0601. The molecule has 1 aliphatic carbocycles. The first kappa shape index (κ1) is 21.7. The molecule has 9 heteroatoms. The number of methoxy groups -OCH3 is 1. The van der Waals surface area contributed by atoms with Crippen LogP contribution in [0.4, 0.5) is 10.7 Å². The molecule has 5 nitrogen and oxygen atoms in total. The summed E-state index contributed by atoms with van der Waals surface area (Å²) in [5, 5.41) is 5.92. The molecule has 0 atom stereocenters. The number of carbonyl (C=O) groups excluding carboxylic acids is 1. The minimum atomic E-state index is -0.288. The van der Waals surface area contributed by atoms with Gasteiger partial charge in [-0.3, -0.25) is 0 Å². The number of benzene rings is 1. The average molecular weight is 484 g/mol. The molecule has 2 heterocycles. The third-order valence-corrected chi connectivity index (χ3v) is 7.92. The van der Waals surface area contributed by atoms with E-state index < -0.39 is 0 Å². The van der Waals surface area contributed by atoms with Crippen LogP contribution < -0.4 is 10.2 Å². The molecule has 30 heavy (non-hydrogen) atoms. The van der Waals surface area contributed by atoms with Crippen molar-refractivity contribution in [3.63, 3.8) is 0 Å². The van der Waals surface area contributed by atoms with Crippen LogP contribution in [0.1, 0.15) is 33.6 Å². The van der Waals surface area contributed by atoms with E-state index >= 15 is 0 Å². The van der Waals surface area contributed by atoms with Crippen LogP contribution in [0.25, 0.3) is 0 Å². The Morgan fingerprint density at radius 1 is 1.13 bits per heavy atom. The van der Waals surface area contributed by atoms with Crippen molar-refractivity contribution < 1.29 is 9.53 Å². The summed E-state index contributed by atoms with van der Waals surface area (Å²) in [6.07, 6.45) is 4.21. The van der Waals surface area contributed by atoms with E-state index in [-0.39, 0.29) is 5.97 Å². The molecular formula is C21H23Cl2N3O2S2. The first-order chi connectivity index (χ1) is 14.5. The number of hydrogen-bond acceptors (Lipinski definition) is 5. The predicted octanol–water partition coefficient (Wildman–Crippen LogP) is 5.24. The van der Waals surface area contributed by atoms with Crippen molar-refractivity contribution in [1.29, 1.82) is 0 Å². The van der Waals surface area contributed by atoms with E-state index in [2.05, 4.69) is 15.1 Å². The lowest BCUT2D eigenvalue weighted by Crippen LogP contribution is -2.50. The fourth-order valence-electron chi connectivity index (χ4n) is 4.00. The summed E-state index contributed by atoms with van der Waals surface area (Å²) in [7, 11) is 1.43. The first-order valence-electron chi connectivity index (χ1n) is 9.96. The van der Waals surface area contributed by atoms with Gasteiger partial charge in [-0.25, -0.2) is 4.79 Å². The highest BCUT2D eigenvalue weighted by molar-refractivity contribution is 7.80. The van der Waals surface area contributed by atoms with Crippen LogP contribution in [0.3, 0.4) is 0 Å². The largest absolute Gasteiger partial charge is 0.465 e. The van der Waals surface area contributed by atoms with Crippen molar-refractivity contribution in [3.05, 3.63) is 44.2 Å². The summed E-state index contributed by atoms with van der Waals surface area (Å²) in [6, 6.07) is 5.71. The number of carbonyl (C=O) groups is 1. The zero-order valence-corrected chi connectivity index (χ0v) is 19.8. The van der Waals surface area contributed by atoms with Crippen molar-refractivity contribution >= 4 is 68.5 Å². The number of ether oxygens (including phenoxy) is 1. The molecule has 0 spiro atoms. The molecule has 160 valence electrons. The second-order valence-corrected chi connectivity index (χ2v) is 9.72. The number of aryl methyl sites for hydroxylation is 1. The summed E-state index contributed by atoms with van der Waals surface area (Å²) in [5.41, 5.74) is 2.85. The molecule has 2 aliphatic rings. The van der Waals surface area contributed by atoms with Crippen LogP contribution in [0.15, 0.2) is 18.2 Å². The molecule has 2 aromatic rings. The average Bonchev–Trinajstić information content (AvgIpc) is 3.13. The van der Waals surface area contributed by atoms with Crippen LogP contribution in [-0.4, -0.2) is 49.3 Å². The van der Waals surface area contributed by atoms with Crippen molar-refractivity contribution in [2.45, 2.75) is 25.7 Å². The van der Waals surface area contributed by atoms with Crippen LogP contribution >= 0.6 is 46.8 Å². The topological polar surface area (TPSA) is 44.8 Å². The van der Waals surface area contributed by atoms with Crippen molar-refractivity contribution in [2.24, 2.45) is 0 Å². The molecular weight excluding hydrogens is 461 g/mol. The molecule has 1 saturated heterocycles. The Hall–Kier alpha value is -1.54.